The van der Waals surface area contributed by atoms with E-state index in [1.807, 2.05) is 48.5 Å². The standard InChI is InChI=1S/C15H14Cl2N2S/c16-13-5-1-11(2-6-13)9-19-15(18)20-10-12-3-7-14(17)8-4-12/h1-8H,9-10H2,(H2,18,19). The first-order valence-electron chi connectivity index (χ1n) is 6.05. The quantitative estimate of drug-likeness (QED) is 0.651. The fraction of sp³-hybridized carbons (Fsp3) is 0.133. The Labute approximate surface area is 133 Å². The average molecular weight is 325 g/mol. The smallest absolute Gasteiger partial charge is 0.154 e. The number of thioether (sulfide) groups is 1. The van der Waals surface area contributed by atoms with E-state index in [1.165, 1.54) is 17.3 Å². The fourth-order valence-electron chi connectivity index (χ4n) is 1.54. The van der Waals surface area contributed by atoms with Crippen molar-refractivity contribution in [3.63, 3.8) is 0 Å². The van der Waals surface area contributed by atoms with E-state index >= 15 is 0 Å². The highest BCUT2D eigenvalue weighted by Crippen LogP contribution is 2.16. The van der Waals surface area contributed by atoms with E-state index < -0.39 is 0 Å². The Morgan fingerprint density at radius 3 is 1.95 bits per heavy atom. The number of amidine groups is 1. The van der Waals surface area contributed by atoms with Gasteiger partial charge >= 0.3 is 0 Å². The molecule has 0 aromatic heterocycles. The Bertz CT molecular complexity index is 580. The van der Waals surface area contributed by atoms with Gasteiger partial charge in [-0.1, -0.05) is 59.2 Å². The van der Waals surface area contributed by atoms with Crippen LogP contribution in [0.5, 0.6) is 0 Å². The number of nitrogens with zero attached hydrogens (tertiary/aromatic N) is 1. The molecule has 2 N–H and O–H groups in total. The van der Waals surface area contributed by atoms with Gasteiger partial charge in [-0.05, 0) is 35.4 Å². The number of nitrogens with two attached hydrogens (primary N) is 1. The van der Waals surface area contributed by atoms with Crippen molar-refractivity contribution in [2.75, 3.05) is 0 Å². The summed E-state index contributed by atoms with van der Waals surface area (Å²) in [6, 6.07) is 15.3. The second kappa shape index (κ2) is 7.58. The number of hydrogen-bond acceptors (Lipinski definition) is 2. The zero-order valence-electron chi connectivity index (χ0n) is 10.7. The lowest BCUT2D eigenvalue weighted by Crippen LogP contribution is -2.07. The van der Waals surface area contributed by atoms with Gasteiger partial charge in [-0.2, -0.15) is 0 Å². The molecule has 104 valence electrons. The molecule has 0 amide bonds. The molecule has 0 unspecified atom stereocenters. The van der Waals surface area contributed by atoms with Crippen LogP contribution in [0.3, 0.4) is 0 Å². The van der Waals surface area contributed by atoms with Crippen molar-refractivity contribution in [3.05, 3.63) is 69.7 Å². The van der Waals surface area contributed by atoms with Crippen LogP contribution in [0.4, 0.5) is 0 Å². The van der Waals surface area contributed by atoms with Crippen molar-refractivity contribution < 1.29 is 0 Å². The lowest BCUT2D eigenvalue weighted by Gasteiger charge is -2.02. The highest BCUT2D eigenvalue weighted by atomic mass is 35.5. The molecule has 5 heteroatoms. The topological polar surface area (TPSA) is 38.4 Å². The van der Waals surface area contributed by atoms with Crippen molar-refractivity contribution in [1.82, 2.24) is 0 Å². The van der Waals surface area contributed by atoms with Crippen LogP contribution >= 0.6 is 35.0 Å². The van der Waals surface area contributed by atoms with Gasteiger partial charge in [0.1, 0.15) is 0 Å². The van der Waals surface area contributed by atoms with Gasteiger partial charge in [0.25, 0.3) is 0 Å². The monoisotopic (exact) mass is 324 g/mol. The maximum Gasteiger partial charge on any atom is 0.154 e. The Hall–Kier alpha value is -1.16. The lowest BCUT2D eigenvalue weighted by atomic mass is 10.2. The molecule has 2 rings (SSSR count). The van der Waals surface area contributed by atoms with E-state index in [-0.39, 0.29) is 0 Å². The maximum absolute atomic E-state index is 5.89. The summed E-state index contributed by atoms with van der Waals surface area (Å²) >= 11 is 13.2. The first-order valence-corrected chi connectivity index (χ1v) is 7.79. The third-order valence-electron chi connectivity index (χ3n) is 2.63. The first-order chi connectivity index (χ1) is 9.63. The molecule has 0 aliphatic heterocycles. The second-order valence-corrected chi connectivity index (χ2v) is 6.06. The molecule has 0 saturated heterocycles. The largest absolute Gasteiger partial charge is 0.379 e. The summed E-state index contributed by atoms with van der Waals surface area (Å²) in [5.41, 5.74) is 8.15. The summed E-state index contributed by atoms with van der Waals surface area (Å²) in [5.74, 6) is 0.785. The molecule has 0 aliphatic carbocycles. The molecule has 0 spiro atoms. The third kappa shape index (κ3) is 5.08. The van der Waals surface area contributed by atoms with Gasteiger partial charge in [0, 0.05) is 15.8 Å². The van der Waals surface area contributed by atoms with Crippen molar-refractivity contribution in [3.8, 4) is 0 Å². The number of aliphatic imine (C=N–C) groups is 1. The molecule has 0 fully saturated rings. The van der Waals surface area contributed by atoms with Crippen LogP contribution in [-0.2, 0) is 12.3 Å². The minimum atomic E-state index is 0.566. The summed E-state index contributed by atoms with van der Waals surface area (Å²) < 4.78 is 0. The van der Waals surface area contributed by atoms with Crippen LogP contribution in [-0.4, -0.2) is 5.17 Å². The predicted octanol–water partition coefficient (Wildman–Crippen LogP) is 4.74. The van der Waals surface area contributed by atoms with Crippen LogP contribution in [0.2, 0.25) is 10.0 Å². The molecule has 20 heavy (non-hydrogen) atoms. The molecule has 0 bridgehead atoms. The number of benzene rings is 2. The van der Waals surface area contributed by atoms with Gasteiger partial charge in [0.2, 0.25) is 0 Å². The van der Waals surface area contributed by atoms with Gasteiger partial charge < -0.3 is 5.73 Å². The van der Waals surface area contributed by atoms with Crippen molar-refractivity contribution in [1.29, 1.82) is 0 Å². The zero-order valence-corrected chi connectivity index (χ0v) is 13.1. The Balaban J connectivity index is 1.84. The SMILES string of the molecule is NC(=NCc1ccc(Cl)cc1)SCc1ccc(Cl)cc1. The third-order valence-corrected chi connectivity index (χ3v) is 4.04. The van der Waals surface area contributed by atoms with E-state index in [4.69, 9.17) is 28.9 Å². The van der Waals surface area contributed by atoms with Crippen LogP contribution in [0.15, 0.2) is 53.5 Å². The van der Waals surface area contributed by atoms with Crippen molar-refractivity contribution in [2.45, 2.75) is 12.3 Å². The second-order valence-electron chi connectivity index (χ2n) is 4.20. The van der Waals surface area contributed by atoms with Gasteiger partial charge in [-0.15, -0.1) is 0 Å². The van der Waals surface area contributed by atoms with Crippen LogP contribution in [0.25, 0.3) is 0 Å². The van der Waals surface area contributed by atoms with Crippen LogP contribution < -0.4 is 5.73 Å². The first kappa shape index (κ1) is 15.2. The van der Waals surface area contributed by atoms with E-state index in [2.05, 4.69) is 4.99 Å². The molecular weight excluding hydrogens is 311 g/mol. The number of halogens is 2. The Morgan fingerprint density at radius 1 is 0.900 bits per heavy atom. The van der Waals surface area contributed by atoms with Gasteiger partial charge in [0.15, 0.2) is 5.17 Å². The minimum absolute atomic E-state index is 0.566. The van der Waals surface area contributed by atoms with Crippen LogP contribution in [0.1, 0.15) is 11.1 Å². The maximum atomic E-state index is 5.89. The Kier molecular flexibility index (Phi) is 5.77. The Morgan fingerprint density at radius 2 is 1.40 bits per heavy atom. The number of hydrogen-bond donors (Lipinski definition) is 1. The molecule has 0 radical (unpaired) electrons. The van der Waals surface area contributed by atoms with E-state index in [1.54, 1.807) is 0 Å². The summed E-state index contributed by atoms with van der Waals surface area (Å²) in [6.07, 6.45) is 0. The average Bonchev–Trinajstić information content (AvgIpc) is 2.46. The summed E-state index contributed by atoms with van der Waals surface area (Å²) in [6.45, 7) is 0.566. The van der Waals surface area contributed by atoms with Gasteiger partial charge in [-0.3, -0.25) is 4.99 Å². The van der Waals surface area contributed by atoms with Crippen molar-refractivity contribution in [2.24, 2.45) is 10.7 Å². The minimum Gasteiger partial charge on any atom is -0.379 e. The molecular formula is C15H14Cl2N2S. The van der Waals surface area contributed by atoms with E-state index in [0.29, 0.717) is 11.7 Å². The molecule has 2 nitrogen and oxygen atoms in total. The summed E-state index contributed by atoms with van der Waals surface area (Å²) in [5, 5.41) is 2.04. The van der Waals surface area contributed by atoms with Gasteiger partial charge in [0.05, 0.1) is 6.54 Å². The fourth-order valence-corrected chi connectivity index (χ4v) is 2.46. The van der Waals surface area contributed by atoms with E-state index in [9.17, 15) is 0 Å². The van der Waals surface area contributed by atoms with Crippen molar-refractivity contribution >= 4 is 40.1 Å². The van der Waals surface area contributed by atoms with Gasteiger partial charge in [-0.25, -0.2) is 0 Å². The molecule has 0 aliphatic rings. The van der Waals surface area contributed by atoms with E-state index in [0.717, 1.165) is 21.4 Å². The molecule has 2 aromatic rings. The normalized spacial score (nSPS) is 11.6. The summed E-state index contributed by atoms with van der Waals surface area (Å²) in [7, 11) is 0. The molecule has 0 atom stereocenters. The molecule has 0 saturated carbocycles. The molecule has 0 heterocycles. The molecule has 2 aromatic carbocycles. The number of rotatable bonds is 4. The summed E-state index contributed by atoms with van der Waals surface area (Å²) in [4.78, 5) is 4.34. The van der Waals surface area contributed by atoms with Crippen LogP contribution in [0, 0.1) is 0 Å². The highest BCUT2D eigenvalue weighted by molar-refractivity contribution is 8.13. The zero-order chi connectivity index (χ0) is 14.4. The predicted molar refractivity (Wildman–Crippen MR) is 89.5 cm³/mol. The highest BCUT2D eigenvalue weighted by Gasteiger charge is 1.98. The lowest BCUT2D eigenvalue weighted by molar-refractivity contribution is 1.07.